The molecule has 0 aliphatic carbocycles. The lowest BCUT2D eigenvalue weighted by molar-refractivity contribution is 0.649. The van der Waals surface area contributed by atoms with Gasteiger partial charge in [0.1, 0.15) is 0 Å². The fraction of sp³-hybridized carbons (Fsp3) is 0.522. The summed E-state index contributed by atoms with van der Waals surface area (Å²) < 4.78 is 0. The third-order valence-electron chi connectivity index (χ3n) is 4.75. The van der Waals surface area contributed by atoms with Gasteiger partial charge in [-0.05, 0) is 42.9 Å². The van der Waals surface area contributed by atoms with Gasteiger partial charge in [0.2, 0.25) is 0 Å². The van der Waals surface area contributed by atoms with Gasteiger partial charge in [-0.15, -0.1) is 0 Å². The van der Waals surface area contributed by atoms with Gasteiger partial charge < -0.3 is 0 Å². The van der Waals surface area contributed by atoms with Crippen molar-refractivity contribution in [2.24, 2.45) is 0 Å². The van der Waals surface area contributed by atoms with Gasteiger partial charge in [-0.2, -0.15) is 0 Å². The maximum absolute atomic E-state index is 4.75. The number of benzene rings is 1. The highest BCUT2D eigenvalue weighted by Gasteiger charge is 2.07. The Bertz CT molecular complexity index is 574. The van der Waals surface area contributed by atoms with Crippen LogP contribution in [0.5, 0.6) is 0 Å². The van der Waals surface area contributed by atoms with Crippen LogP contribution in [-0.4, -0.2) is 4.98 Å². The second kappa shape index (κ2) is 11.0. The lowest BCUT2D eigenvalue weighted by Crippen LogP contribution is -1.99. The zero-order valence-electron chi connectivity index (χ0n) is 15.6. The zero-order chi connectivity index (χ0) is 17.0. The average molecular weight is 324 g/mol. The average Bonchev–Trinajstić information content (AvgIpc) is 2.64. The lowest BCUT2D eigenvalue weighted by Gasteiger charge is -2.12. The van der Waals surface area contributed by atoms with Crippen LogP contribution in [0.25, 0.3) is 11.3 Å². The van der Waals surface area contributed by atoms with Crippen LogP contribution < -0.4 is 0 Å². The largest absolute Gasteiger partial charge is 0.256 e. The smallest absolute Gasteiger partial charge is 0.0704 e. The Labute approximate surface area is 148 Å². The number of aromatic nitrogens is 1. The molecule has 24 heavy (non-hydrogen) atoms. The molecule has 0 fully saturated rings. The molecule has 0 spiro atoms. The molecule has 0 unspecified atom stereocenters. The SMILES string of the molecule is CCCCCCc1cnc(-c2ccccc2)cc1CCCCCC. The van der Waals surface area contributed by atoms with Crippen molar-refractivity contribution in [1.82, 2.24) is 4.98 Å². The standard InChI is InChI=1S/C23H33N/c1-3-5-7-10-16-21-18-23(20-14-12-9-13-15-20)24-19-22(21)17-11-8-6-4-2/h9,12-15,18-19H,3-8,10-11,16-17H2,1-2H3. The van der Waals surface area contributed by atoms with Gasteiger partial charge in [0, 0.05) is 11.8 Å². The van der Waals surface area contributed by atoms with Gasteiger partial charge in [-0.25, -0.2) is 0 Å². The van der Waals surface area contributed by atoms with Gasteiger partial charge in [-0.3, -0.25) is 4.98 Å². The first-order chi connectivity index (χ1) is 11.8. The van der Waals surface area contributed by atoms with E-state index in [0.29, 0.717) is 0 Å². The number of unbranched alkanes of at least 4 members (excludes halogenated alkanes) is 6. The molecule has 2 rings (SSSR count). The molecule has 0 aliphatic rings. The maximum atomic E-state index is 4.75. The predicted octanol–water partition coefficient (Wildman–Crippen LogP) is 6.99. The minimum atomic E-state index is 1.12. The van der Waals surface area contributed by atoms with Crippen LogP contribution in [0.3, 0.4) is 0 Å². The second-order valence-electron chi connectivity index (χ2n) is 6.83. The molecule has 1 heterocycles. The van der Waals surface area contributed by atoms with Gasteiger partial charge >= 0.3 is 0 Å². The van der Waals surface area contributed by atoms with Crippen molar-refractivity contribution in [2.45, 2.75) is 78.1 Å². The molecule has 0 atom stereocenters. The molecule has 0 amide bonds. The van der Waals surface area contributed by atoms with Crippen LogP contribution >= 0.6 is 0 Å². The van der Waals surface area contributed by atoms with Crippen LogP contribution in [-0.2, 0) is 12.8 Å². The molecule has 0 aliphatic heterocycles. The molecule has 0 saturated heterocycles. The maximum Gasteiger partial charge on any atom is 0.0704 e. The Morgan fingerprint density at radius 3 is 1.96 bits per heavy atom. The monoisotopic (exact) mass is 323 g/mol. The molecule has 0 radical (unpaired) electrons. The van der Waals surface area contributed by atoms with E-state index in [1.165, 1.54) is 80.9 Å². The van der Waals surface area contributed by atoms with Crippen LogP contribution in [0.15, 0.2) is 42.6 Å². The number of hydrogen-bond donors (Lipinski definition) is 0. The van der Waals surface area contributed by atoms with Gasteiger partial charge in [0.25, 0.3) is 0 Å². The Balaban J connectivity index is 2.09. The summed E-state index contributed by atoms with van der Waals surface area (Å²) in [6.07, 6.45) is 15.1. The first kappa shape index (κ1) is 18.7. The van der Waals surface area contributed by atoms with E-state index in [0.717, 1.165) is 5.69 Å². The van der Waals surface area contributed by atoms with Gasteiger partial charge in [0.05, 0.1) is 5.69 Å². The van der Waals surface area contributed by atoms with E-state index in [1.54, 1.807) is 0 Å². The lowest BCUT2D eigenvalue weighted by atomic mass is 9.96. The third kappa shape index (κ3) is 6.11. The normalized spacial score (nSPS) is 10.9. The molecule has 130 valence electrons. The summed E-state index contributed by atoms with van der Waals surface area (Å²) in [4.78, 5) is 4.75. The zero-order valence-corrected chi connectivity index (χ0v) is 15.6. The van der Waals surface area contributed by atoms with Crippen LogP contribution in [0.4, 0.5) is 0 Å². The minimum Gasteiger partial charge on any atom is -0.256 e. The summed E-state index contributed by atoms with van der Waals surface area (Å²) in [6.45, 7) is 4.55. The van der Waals surface area contributed by atoms with Crippen molar-refractivity contribution in [3.8, 4) is 11.3 Å². The molecule has 1 aromatic carbocycles. The second-order valence-corrected chi connectivity index (χ2v) is 6.83. The van der Waals surface area contributed by atoms with Crippen molar-refractivity contribution in [3.63, 3.8) is 0 Å². The molecular formula is C23H33N. The van der Waals surface area contributed by atoms with Gasteiger partial charge in [0.15, 0.2) is 0 Å². The number of hydrogen-bond acceptors (Lipinski definition) is 1. The molecule has 0 bridgehead atoms. The highest BCUT2D eigenvalue weighted by atomic mass is 14.7. The molecular weight excluding hydrogens is 290 g/mol. The highest BCUT2D eigenvalue weighted by Crippen LogP contribution is 2.23. The first-order valence-electron chi connectivity index (χ1n) is 9.88. The van der Waals surface area contributed by atoms with Crippen LogP contribution in [0.1, 0.15) is 76.3 Å². The Kier molecular flexibility index (Phi) is 8.59. The Morgan fingerprint density at radius 1 is 0.708 bits per heavy atom. The van der Waals surface area contributed by atoms with Crippen molar-refractivity contribution in [1.29, 1.82) is 0 Å². The molecule has 1 nitrogen and oxygen atoms in total. The summed E-state index contributed by atoms with van der Waals surface area (Å²) in [6, 6.07) is 12.9. The van der Waals surface area contributed by atoms with Crippen LogP contribution in [0, 0.1) is 0 Å². The number of pyridine rings is 1. The fourth-order valence-electron chi connectivity index (χ4n) is 3.23. The Hall–Kier alpha value is -1.63. The summed E-state index contributed by atoms with van der Waals surface area (Å²) in [5.41, 5.74) is 5.35. The van der Waals surface area contributed by atoms with Crippen molar-refractivity contribution in [2.75, 3.05) is 0 Å². The highest BCUT2D eigenvalue weighted by molar-refractivity contribution is 5.60. The molecule has 0 N–H and O–H groups in total. The number of nitrogens with zero attached hydrogens (tertiary/aromatic N) is 1. The molecule has 0 saturated carbocycles. The summed E-state index contributed by atoms with van der Waals surface area (Å²) in [7, 11) is 0. The van der Waals surface area contributed by atoms with E-state index in [1.807, 2.05) is 0 Å². The first-order valence-corrected chi connectivity index (χ1v) is 9.88. The van der Waals surface area contributed by atoms with E-state index >= 15 is 0 Å². The van der Waals surface area contributed by atoms with Crippen LogP contribution in [0.2, 0.25) is 0 Å². The summed E-state index contributed by atoms with van der Waals surface area (Å²) in [5.74, 6) is 0. The fourth-order valence-corrected chi connectivity index (χ4v) is 3.23. The minimum absolute atomic E-state index is 1.12. The van der Waals surface area contributed by atoms with E-state index in [-0.39, 0.29) is 0 Å². The van der Waals surface area contributed by atoms with Crippen molar-refractivity contribution < 1.29 is 0 Å². The van der Waals surface area contributed by atoms with E-state index < -0.39 is 0 Å². The summed E-state index contributed by atoms with van der Waals surface area (Å²) >= 11 is 0. The third-order valence-corrected chi connectivity index (χ3v) is 4.75. The quantitative estimate of drug-likeness (QED) is 0.406. The molecule has 1 heteroatoms. The van der Waals surface area contributed by atoms with Crippen molar-refractivity contribution in [3.05, 3.63) is 53.7 Å². The van der Waals surface area contributed by atoms with E-state index in [2.05, 4.69) is 56.4 Å². The van der Waals surface area contributed by atoms with E-state index in [4.69, 9.17) is 4.98 Å². The number of aryl methyl sites for hydroxylation is 2. The Morgan fingerprint density at radius 2 is 1.33 bits per heavy atom. The van der Waals surface area contributed by atoms with E-state index in [9.17, 15) is 0 Å². The van der Waals surface area contributed by atoms with Crippen molar-refractivity contribution >= 4 is 0 Å². The molecule has 2 aromatic rings. The number of rotatable bonds is 11. The topological polar surface area (TPSA) is 12.9 Å². The summed E-state index contributed by atoms with van der Waals surface area (Å²) in [5, 5.41) is 0. The van der Waals surface area contributed by atoms with Gasteiger partial charge in [-0.1, -0.05) is 82.7 Å². The predicted molar refractivity (Wildman–Crippen MR) is 105 cm³/mol. The molecule has 1 aromatic heterocycles.